The fourth-order valence-electron chi connectivity index (χ4n) is 4.13. The third kappa shape index (κ3) is 6.81. The first-order valence-electron chi connectivity index (χ1n) is 12.0. The summed E-state index contributed by atoms with van der Waals surface area (Å²) in [4.78, 5) is 0. The van der Waals surface area contributed by atoms with Crippen LogP contribution in [0.5, 0.6) is 5.75 Å². The molecule has 1 saturated heterocycles. The molecule has 2 aromatic rings. The fourth-order valence-corrected chi connectivity index (χ4v) is 6.18. The average molecular weight is 487 g/mol. The lowest BCUT2D eigenvalue weighted by Crippen LogP contribution is -2.64. The normalized spacial score (nSPS) is 16.3. The zero-order valence-corrected chi connectivity index (χ0v) is 20.7. The second-order valence-electron chi connectivity index (χ2n) is 8.56. The maximum Gasteiger partial charge on any atom is 0.304 e. The summed E-state index contributed by atoms with van der Waals surface area (Å²) in [5, 5.41) is 12.8. The molecule has 0 bridgehead atoms. The first kappa shape index (κ1) is 26.2. The van der Waals surface area contributed by atoms with Gasteiger partial charge in [0.1, 0.15) is 42.9 Å². The van der Waals surface area contributed by atoms with Crippen molar-refractivity contribution >= 4 is 15.7 Å². The van der Waals surface area contributed by atoms with Crippen LogP contribution in [0, 0.1) is 11.8 Å². The van der Waals surface area contributed by atoms with Crippen molar-refractivity contribution in [3.8, 4) is 17.6 Å². The van der Waals surface area contributed by atoms with E-state index in [9.17, 15) is 13.6 Å². The molecule has 3 N–H and O–H groups in total. The van der Waals surface area contributed by atoms with E-state index in [-0.39, 0.29) is 9.64 Å². The summed E-state index contributed by atoms with van der Waals surface area (Å²) < 4.78 is 33.1. The Bertz CT molecular complexity index is 1040. The van der Waals surface area contributed by atoms with Gasteiger partial charge < -0.3 is 15.3 Å². The lowest BCUT2D eigenvalue weighted by Gasteiger charge is -2.39. The molecule has 1 fully saturated rings. The third-order valence-electron chi connectivity index (χ3n) is 6.10. The van der Waals surface area contributed by atoms with Crippen molar-refractivity contribution < 1.29 is 18.4 Å². The summed E-state index contributed by atoms with van der Waals surface area (Å²) in [5.41, 5.74) is 3.86. The van der Waals surface area contributed by atoms with Crippen LogP contribution < -0.4 is 19.4 Å². The van der Waals surface area contributed by atoms with E-state index in [0.29, 0.717) is 50.6 Å². The molecule has 1 aliphatic rings. The number of hydrogen-bond acceptors (Lipinski definition) is 6. The molecule has 34 heavy (non-hydrogen) atoms. The number of nitrogens with zero attached hydrogens (tertiary/aromatic N) is 1. The van der Waals surface area contributed by atoms with Crippen LogP contribution in [-0.2, 0) is 16.6 Å². The van der Waals surface area contributed by atoms with Gasteiger partial charge in [0.25, 0.3) is 0 Å². The van der Waals surface area contributed by atoms with Gasteiger partial charge >= 0.3 is 10.0 Å². The molecule has 0 spiro atoms. The Kier molecular flexibility index (Phi) is 9.93. The number of piperazine rings is 1. The van der Waals surface area contributed by atoms with Crippen LogP contribution >= 0.6 is 0 Å². The van der Waals surface area contributed by atoms with Gasteiger partial charge in [0, 0.05) is 31.6 Å². The number of ether oxygens (including phenoxy) is 1. The number of hydrogen-bond donors (Lipinski definition) is 3. The maximum absolute atomic E-state index is 13.7. The van der Waals surface area contributed by atoms with Gasteiger partial charge in [-0.15, -0.1) is 5.92 Å². The zero-order valence-electron chi connectivity index (χ0n) is 19.9. The molecule has 3 rings (SSSR count). The molecule has 1 heterocycles. The first-order valence-corrected chi connectivity index (χ1v) is 13.6. The van der Waals surface area contributed by atoms with E-state index in [1.807, 2.05) is 54.6 Å². The molecule has 1 unspecified atom stereocenters. The van der Waals surface area contributed by atoms with E-state index in [1.54, 1.807) is 0 Å². The second-order valence-corrected chi connectivity index (χ2v) is 10.8. The van der Waals surface area contributed by atoms with E-state index in [1.165, 1.54) is 0 Å². The molecule has 2 aromatic carbocycles. The van der Waals surface area contributed by atoms with Crippen molar-refractivity contribution in [3.05, 3.63) is 60.2 Å². The first-order chi connectivity index (χ1) is 16.5. The highest BCUT2D eigenvalue weighted by Gasteiger charge is 2.46. The number of quaternary nitrogens is 1. The number of hydroxylamine groups is 1. The fraction of sp³-hybridized carbons (Fsp3) is 0.462. The van der Waals surface area contributed by atoms with Crippen LogP contribution in [0.25, 0.3) is 0 Å². The van der Waals surface area contributed by atoms with Crippen LogP contribution in [0.2, 0.25) is 0 Å². The van der Waals surface area contributed by atoms with Crippen LogP contribution in [0.3, 0.4) is 0 Å². The van der Waals surface area contributed by atoms with Crippen molar-refractivity contribution in [3.63, 3.8) is 0 Å². The van der Waals surface area contributed by atoms with E-state index >= 15 is 0 Å². The van der Waals surface area contributed by atoms with Crippen LogP contribution in [0.15, 0.2) is 54.6 Å². The Morgan fingerprint density at radius 3 is 2.44 bits per heavy atom. The number of benzene rings is 2. The Labute approximate surface area is 203 Å². The minimum atomic E-state index is -3.69. The van der Waals surface area contributed by atoms with Crippen molar-refractivity contribution in [1.82, 2.24) is 14.7 Å². The minimum absolute atomic E-state index is 0.172. The molecule has 0 amide bonds. The van der Waals surface area contributed by atoms with Gasteiger partial charge in [-0.2, -0.15) is 17.8 Å². The molecule has 0 aromatic heterocycles. The predicted octanol–water partition coefficient (Wildman–Crippen LogP) is 3.44. The summed E-state index contributed by atoms with van der Waals surface area (Å²) in [6.07, 6.45) is 3.85. The Hall–Kier alpha value is -2.41. The third-order valence-corrected chi connectivity index (χ3v) is 8.50. The second kappa shape index (κ2) is 12.9. The van der Waals surface area contributed by atoms with Gasteiger partial charge in [0.2, 0.25) is 0 Å². The molecule has 0 saturated carbocycles. The standard InChI is InChI=1S/C26H36N3O4S/c1-2-3-4-5-9-12-24(28-30)22-34(31,32)29(19-17-27-18-20-29)25-13-15-26(16-14-25)33-21-23-10-7-6-8-11-23/h6-8,10-11,13-16,24,27-28,30H,2-5,17-22H2,1H3/q+1. The van der Waals surface area contributed by atoms with Crippen molar-refractivity contribution in [2.24, 2.45) is 0 Å². The topological polar surface area (TPSA) is 87.7 Å². The highest BCUT2D eigenvalue weighted by Crippen LogP contribution is 2.31. The Morgan fingerprint density at radius 1 is 1.09 bits per heavy atom. The molecule has 7 nitrogen and oxygen atoms in total. The summed E-state index contributed by atoms with van der Waals surface area (Å²) in [7, 11) is -3.69. The summed E-state index contributed by atoms with van der Waals surface area (Å²) in [6.45, 7) is 4.57. The predicted molar refractivity (Wildman–Crippen MR) is 136 cm³/mol. The van der Waals surface area contributed by atoms with Crippen molar-refractivity contribution in [2.45, 2.75) is 45.3 Å². The van der Waals surface area contributed by atoms with Crippen LogP contribution in [-0.4, -0.2) is 51.6 Å². The smallest absolute Gasteiger partial charge is 0.304 e. The minimum Gasteiger partial charge on any atom is -0.489 e. The molecule has 184 valence electrons. The highest BCUT2D eigenvalue weighted by atomic mass is 32.2. The molecule has 0 radical (unpaired) electrons. The lowest BCUT2D eigenvalue weighted by atomic mass is 10.2. The zero-order chi connectivity index (χ0) is 24.3. The van der Waals surface area contributed by atoms with E-state index in [0.717, 1.165) is 24.8 Å². The largest absolute Gasteiger partial charge is 0.489 e. The summed E-state index contributed by atoms with van der Waals surface area (Å²) >= 11 is 0. The Morgan fingerprint density at radius 2 is 1.79 bits per heavy atom. The molecule has 8 heteroatoms. The van der Waals surface area contributed by atoms with Gasteiger partial charge in [-0.25, -0.2) is 0 Å². The highest BCUT2D eigenvalue weighted by molar-refractivity contribution is 7.91. The quantitative estimate of drug-likeness (QED) is 0.195. The van der Waals surface area contributed by atoms with Crippen LogP contribution in [0.4, 0.5) is 5.69 Å². The number of rotatable bonds is 11. The molecule has 1 atom stereocenters. The van der Waals surface area contributed by atoms with Crippen LogP contribution in [0.1, 0.15) is 38.2 Å². The van der Waals surface area contributed by atoms with Crippen molar-refractivity contribution in [1.29, 1.82) is 0 Å². The molecular weight excluding hydrogens is 450 g/mol. The van der Waals surface area contributed by atoms with E-state index < -0.39 is 16.1 Å². The Balaban J connectivity index is 1.76. The maximum atomic E-state index is 13.7. The van der Waals surface area contributed by atoms with Gasteiger partial charge in [-0.1, -0.05) is 56.0 Å². The summed E-state index contributed by atoms with van der Waals surface area (Å²) in [5.74, 6) is 6.33. The van der Waals surface area contributed by atoms with Crippen molar-refractivity contribution in [2.75, 3.05) is 31.9 Å². The average Bonchev–Trinajstić information content (AvgIpc) is 2.88. The number of sulfonamides is 1. The SMILES string of the molecule is CCCCCC#CC(CS(=O)(=O)[N+]1(c2ccc(OCc3ccccc3)cc2)CCNCC1)NO. The van der Waals surface area contributed by atoms with Gasteiger partial charge in [-0.05, 0) is 24.1 Å². The van der Waals surface area contributed by atoms with Gasteiger partial charge in [-0.3, -0.25) is 0 Å². The molecular formula is C26H36N3O4S+. The van der Waals surface area contributed by atoms with Gasteiger partial charge in [0.05, 0.1) is 0 Å². The van der Waals surface area contributed by atoms with E-state index in [2.05, 4.69) is 29.6 Å². The molecule has 0 aliphatic carbocycles. The lowest BCUT2D eigenvalue weighted by molar-refractivity contribution is 0.152. The van der Waals surface area contributed by atoms with E-state index in [4.69, 9.17) is 4.74 Å². The monoisotopic (exact) mass is 486 g/mol. The van der Waals surface area contributed by atoms with Gasteiger partial charge in [0.15, 0.2) is 0 Å². The summed E-state index contributed by atoms with van der Waals surface area (Å²) in [6, 6.07) is 16.4. The number of unbranched alkanes of at least 4 members (excludes halogenated alkanes) is 3. The number of nitrogens with one attached hydrogen (secondary N) is 2. The molecule has 1 aliphatic heterocycles.